The average Bonchev–Trinajstić information content (AvgIpc) is 2.25. The Bertz CT molecular complexity index is 169. The lowest BCUT2D eigenvalue weighted by Gasteiger charge is -2.26. The van der Waals surface area contributed by atoms with Crippen molar-refractivity contribution in [1.82, 2.24) is 10.2 Å². The normalized spacial score (nSPS) is 18.1. The van der Waals surface area contributed by atoms with Gasteiger partial charge in [-0.3, -0.25) is 4.90 Å². The number of piperazine rings is 1. The second-order valence-electron chi connectivity index (χ2n) is 3.22. The first-order chi connectivity index (χ1) is 6.83. The van der Waals surface area contributed by atoms with Crippen LogP contribution in [0.2, 0.25) is 0 Å². The quantitative estimate of drug-likeness (QED) is 0.461. The van der Waals surface area contributed by atoms with E-state index in [4.69, 9.17) is 4.74 Å². The summed E-state index contributed by atoms with van der Waals surface area (Å²) in [7, 11) is 1.36. The number of esters is 1. The second-order valence-corrected chi connectivity index (χ2v) is 3.22. The average molecular weight is 202 g/mol. The van der Waals surface area contributed by atoms with Gasteiger partial charge in [0.1, 0.15) is 6.61 Å². The van der Waals surface area contributed by atoms with Crippen LogP contribution in [-0.2, 0) is 14.3 Å². The van der Waals surface area contributed by atoms with Crippen molar-refractivity contribution in [3.05, 3.63) is 0 Å². The third-order valence-corrected chi connectivity index (χ3v) is 2.21. The minimum absolute atomic E-state index is 0.0581. The minimum Gasteiger partial charge on any atom is -0.467 e. The molecule has 82 valence electrons. The van der Waals surface area contributed by atoms with E-state index in [0.717, 1.165) is 32.7 Å². The zero-order valence-electron chi connectivity index (χ0n) is 8.62. The summed E-state index contributed by atoms with van der Waals surface area (Å²) in [6.07, 6.45) is 0. The molecule has 1 N–H and O–H groups in total. The van der Waals surface area contributed by atoms with Gasteiger partial charge in [0.25, 0.3) is 0 Å². The molecule has 0 atom stereocenters. The second kappa shape index (κ2) is 6.75. The minimum atomic E-state index is -0.315. The molecule has 0 aromatic rings. The zero-order valence-corrected chi connectivity index (χ0v) is 8.62. The summed E-state index contributed by atoms with van der Waals surface area (Å²) in [5.41, 5.74) is 0. The summed E-state index contributed by atoms with van der Waals surface area (Å²) in [6, 6.07) is 0. The molecule has 1 saturated heterocycles. The fourth-order valence-corrected chi connectivity index (χ4v) is 1.34. The van der Waals surface area contributed by atoms with Crippen molar-refractivity contribution >= 4 is 5.97 Å². The molecule has 1 rings (SSSR count). The molecule has 14 heavy (non-hydrogen) atoms. The fourth-order valence-electron chi connectivity index (χ4n) is 1.34. The van der Waals surface area contributed by atoms with Gasteiger partial charge in [0.15, 0.2) is 0 Å². The molecule has 5 nitrogen and oxygen atoms in total. The van der Waals surface area contributed by atoms with E-state index in [-0.39, 0.29) is 12.6 Å². The van der Waals surface area contributed by atoms with E-state index in [1.807, 2.05) is 0 Å². The van der Waals surface area contributed by atoms with Crippen molar-refractivity contribution in [2.24, 2.45) is 0 Å². The number of nitrogens with zero attached hydrogens (tertiary/aromatic N) is 1. The smallest absolute Gasteiger partial charge is 0.331 e. The van der Waals surface area contributed by atoms with E-state index < -0.39 is 0 Å². The molecule has 5 heteroatoms. The van der Waals surface area contributed by atoms with Gasteiger partial charge in [-0.1, -0.05) is 0 Å². The van der Waals surface area contributed by atoms with Gasteiger partial charge < -0.3 is 14.8 Å². The Hall–Kier alpha value is -0.650. The van der Waals surface area contributed by atoms with Gasteiger partial charge in [-0.05, 0) is 0 Å². The van der Waals surface area contributed by atoms with Crippen LogP contribution in [0.15, 0.2) is 0 Å². The molecule has 0 bridgehead atoms. The standard InChI is InChI=1S/C9H18N2O3/c1-13-9(12)8-14-7-6-11-4-2-10-3-5-11/h10H,2-8H2,1H3. The van der Waals surface area contributed by atoms with Crippen molar-refractivity contribution in [2.75, 3.05) is 53.0 Å². The summed E-state index contributed by atoms with van der Waals surface area (Å²) in [5, 5.41) is 3.28. The molecule has 0 saturated carbocycles. The van der Waals surface area contributed by atoms with Gasteiger partial charge in [-0.25, -0.2) is 4.79 Å². The van der Waals surface area contributed by atoms with Gasteiger partial charge in [-0.15, -0.1) is 0 Å². The Balaban J connectivity index is 1.94. The summed E-state index contributed by atoms with van der Waals surface area (Å²) < 4.78 is 9.61. The molecular formula is C9H18N2O3. The molecule has 0 amide bonds. The summed E-state index contributed by atoms with van der Waals surface area (Å²) in [5.74, 6) is -0.315. The van der Waals surface area contributed by atoms with Crippen LogP contribution in [0.1, 0.15) is 0 Å². The number of methoxy groups -OCH3 is 1. The number of ether oxygens (including phenoxy) is 2. The highest BCUT2D eigenvalue weighted by atomic mass is 16.6. The molecule has 0 spiro atoms. The third-order valence-electron chi connectivity index (χ3n) is 2.21. The number of carbonyl (C=O) groups is 1. The summed E-state index contributed by atoms with van der Waals surface area (Å²) >= 11 is 0. The lowest BCUT2D eigenvalue weighted by Crippen LogP contribution is -2.44. The van der Waals surface area contributed by atoms with Crippen LogP contribution in [-0.4, -0.2) is 63.9 Å². The van der Waals surface area contributed by atoms with Crippen LogP contribution in [0.3, 0.4) is 0 Å². The molecule has 0 radical (unpaired) electrons. The molecule has 1 fully saturated rings. The molecule has 0 aromatic heterocycles. The van der Waals surface area contributed by atoms with Gasteiger partial charge in [0.2, 0.25) is 0 Å². The van der Waals surface area contributed by atoms with Crippen LogP contribution in [0.25, 0.3) is 0 Å². The first-order valence-electron chi connectivity index (χ1n) is 4.90. The zero-order chi connectivity index (χ0) is 10.2. The van der Waals surface area contributed by atoms with Crippen molar-refractivity contribution in [2.45, 2.75) is 0 Å². The SMILES string of the molecule is COC(=O)COCCN1CCNCC1. The molecule has 0 aliphatic carbocycles. The first kappa shape index (κ1) is 11.4. The van der Waals surface area contributed by atoms with Gasteiger partial charge in [-0.2, -0.15) is 0 Å². The maximum atomic E-state index is 10.7. The Labute approximate surface area is 84.4 Å². The number of hydrogen-bond acceptors (Lipinski definition) is 5. The van der Waals surface area contributed by atoms with Gasteiger partial charge in [0.05, 0.1) is 13.7 Å². The van der Waals surface area contributed by atoms with E-state index in [2.05, 4.69) is 15.0 Å². The van der Waals surface area contributed by atoms with Gasteiger partial charge in [0, 0.05) is 32.7 Å². The Morgan fingerprint density at radius 1 is 1.43 bits per heavy atom. The fraction of sp³-hybridized carbons (Fsp3) is 0.889. The number of hydrogen-bond donors (Lipinski definition) is 1. The van der Waals surface area contributed by atoms with Crippen molar-refractivity contribution in [1.29, 1.82) is 0 Å². The number of nitrogens with one attached hydrogen (secondary N) is 1. The first-order valence-corrected chi connectivity index (χ1v) is 4.90. The van der Waals surface area contributed by atoms with E-state index in [0.29, 0.717) is 6.61 Å². The van der Waals surface area contributed by atoms with Crippen molar-refractivity contribution in [3.8, 4) is 0 Å². The summed E-state index contributed by atoms with van der Waals surface area (Å²) in [4.78, 5) is 13.0. The molecular weight excluding hydrogens is 184 g/mol. The lowest BCUT2D eigenvalue weighted by atomic mass is 10.4. The highest BCUT2D eigenvalue weighted by Gasteiger charge is 2.08. The topological polar surface area (TPSA) is 50.8 Å². The molecule has 1 heterocycles. The number of carbonyl (C=O) groups excluding carboxylic acids is 1. The molecule has 1 aliphatic heterocycles. The maximum Gasteiger partial charge on any atom is 0.331 e. The van der Waals surface area contributed by atoms with Crippen LogP contribution in [0, 0.1) is 0 Å². The van der Waals surface area contributed by atoms with Crippen LogP contribution >= 0.6 is 0 Å². The number of rotatable bonds is 5. The molecule has 0 aromatic carbocycles. The maximum absolute atomic E-state index is 10.7. The highest BCUT2D eigenvalue weighted by molar-refractivity contribution is 5.70. The Morgan fingerprint density at radius 3 is 2.79 bits per heavy atom. The predicted molar refractivity (Wildman–Crippen MR) is 52.1 cm³/mol. The van der Waals surface area contributed by atoms with Crippen LogP contribution in [0.4, 0.5) is 0 Å². The van der Waals surface area contributed by atoms with Crippen LogP contribution < -0.4 is 5.32 Å². The van der Waals surface area contributed by atoms with Gasteiger partial charge >= 0.3 is 5.97 Å². The highest BCUT2D eigenvalue weighted by Crippen LogP contribution is 1.91. The molecule has 1 aliphatic rings. The molecule has 0 unspecified atom stereocenters. The monoisotopic (exact) mass is 202 g/mol. The van der Waals surface area contributed by atoms with Crippen molar-refractivity contribution in [3.63, 3.8) is 0 Å². The predicted octanol–water partition coefficient (Wildman–Crippen LogP) is -0.919. The van der Waals surface area contributed by atoms with Crippen molar-refractivity contribution < 1.29 is 14.3 Å². The lowest BCUT2D eigenvalue weighted by molar-refractivity contribution is -0.146. The van der Waals surface area contributed by atoms with E-state index >= 15 is 0 Å². The van der Waals surface area contributed by atoms with Crippen LogP contribution in [0.5, 0.6) is 0 Å². The van der Waals surface area contributed by atoms with E-state index in [1.54, 1.807) is 0 Å². The Kier molecular flexibility index (Phi) is 5.51. The van der Waals surface area contributed by atoms with E-state index in [9.17, 15) is 4.79 Å². The summed E-state index contributed by atoms with van der Waals surface area (Å²) in [6.45, 7) is 5.73. The largest absolute Gasteiger partial charge is 0.467 e. The third kappa shape index (κ3) is 4.55. The Morgan fingerprint density at radius 2 is 2.14 bits per heavy atom. The van der Waals surface area contributed by atoms with E-state index in [1.165, 1.54) is 7.11 Å².